The molecule has 0 bridgehead atoms. The molecule has 0 aromatic carbocycles. The highest BCUT2D eigenvalue weighted by atomic mass is 16.3. The van der Waals surface area contributed by atoms with E-state index in [1.165, 1.54) is 5.56 Å². The van der Waals surface area contributed by atoms with Crippen molar-refractivity contribution in [2.24, 2.45) is 0 Å². The van der Waals surface area contributed by atoms with Crippen LogP contribution in [0.4, 0.5) is 5.88 Å². The second-order valence-electron chi connectivity index (χ2n) is 3.71. The van der Waals surface area contributed by atoms with Crippen LogP contribution in [0, 0.1) is 6.92 Å². The van der Waals surface area contributed by atoms with E-state index in [-0.39, 0.29) is 0 Å². The van der Waals surface area contributed by atoms with Crippen LogP contribution in [0.3, 0.4) is 0 Å². The van der Waals surface area contributed by atoms with Gasteiger partial charge in [0.25, 0.3) is 0 Å². The Morgan fingerprint density at radius 1 is 1.62 bits per heavy atom. The summed E-state index contributed by atoms with van der Waals surface area (Å²) in [6.45, 7) is 7.39. The summed E-state index contributed by atoms with van der Waals surface area (Å²) in [4.78, 5) is 2.31. The molecule has 1 aliphatic rings. The highest BCUT2D eigenvalue weighted by molar-refractivity contribution is 5.39. The monoisotopic (exact) mass is 180 g/mol. The number of piperazine rings is 1. The summed E-state index contributed by atoms with van der Waals surface area (Å²) >= 11 is 0. The van der Waals surface area contributed by atoms with Crippen LogP contribution in [-0.2, 0) is 0 Å². The lowest BCUT2D eigenvalue weighted by atomic mass is 10.2. The molecule has 3 nitrogen and oxygen atoms in total. The van der Waals surface area contributed by atoms with E-state index >= 15 is 0 Å². The number of hydrogen-bond donors (Lipinski definition) is 1. The molecule has 1 aliphatic heterocycles. The molecule has 1 N–H and O–H groups in total. The lowest BCUT2D eigenvalue weighted by molar-refractivity contribution is 0.453. The van der Waals surface area contributed by atoms with Gasteiger partial charge in [-0.15, -0.1) is 0 Å². The van der Waals surface area contributed by atoms with Crippen molar-refractivity contribution in [2.75, 3.05) is 24.5 Å². The van der Waals surface area contributed by atoms with Gasteiger partial charge in [-0.3, -0.25) is 0 Å². The SMILES string of the molecule is Cc1coc(N2CCNCC2C)c1. The Hall–Kier alpha value is -0.960. The first-order valence-electron chi connectivity index (χ1n) is 4.80. The van der Waals surface area contributed by atoms with Crippen molar-refractivity contribution >= 4 is 5.88 Å². The maximum atomic E-state index is 5.47. The summed E-state index contributed by atoms with van der Waals surface area (Å²) < 4.78 is 5.47. The predicted molar refractivity (Wildman–Crippen MR) is 53.1 cm³/mol. The smallest absolute Gasteiger partial charge is 0.195 e. The molecule has 0 spiro atoms. The van der Waals surface area contributed by atoms with Crippen molar-refractivity contribution in [3.05, 3.63) is 17.9 Å². The van der Waals surface area contributed by atoms with E-state index in [0.717, 1.165) is 25.5 Å². The first-order chi connectivity index (χ1) is 6.27. The van der Waals surface area contributed by atoms with Crippen molar-refractivity contribution < 1.29 is 4.42 Å². The third-order valence-electron chi connectivity index (χ3n) is 2.50. The van der Waals surface area contributed by atoms with Gasteiger partial charge in [-0.2, -0.15) is 0 Å². The molecule has 0 saturated carbocycles. The van der Waals surface area contributed by atoms with Crippen LogP contribution in [0.5, 0.6) is 0 Å². The molecular weight excluding hydrogens is 164 g/mol. The molecule has 3 heteroatoms. The van der Waals surface area contributed by atoms with Gasteiger partial charge >= 0.3 is 0 Å². The fourth-order valence-corrected chi connectivity index (χ4v) is 1.74. The van der Waals surface area contributed by atoms with Crippen LogP contribution in [0.15, 0.2) is 16.7 Å². The minimum atomic E-state index is 0.527. The Bertz CT molecular complexity index is 282. The average Bonchev–Trinajstić information content (AvgIpc) is 2.53. The predicted octanol–water partition coefficient (Wildman–Crippen LogP) is 1.39. The van der Waals surface area contributed by atoms with Crippen LogP contribution < -0.4 is 10.2 Å². The minimum absolute atomic E-state index is 0.527. The first kappa shape index (κ1) is 8.63. The van der Waals surface area contributed by atoms with Gasteiger partial charge in [-0.1, -0.05) is 0 Å². The van der Waals surface area contributed by atoms with Crippen LogP contribution in [0.1, 0.15) is 12.5 Å². The fourth-order valence-electron chi connectivity index (χ4n) is 1.74. The van der Waals surface area contributed by atoms with E-state index in [9.17, 15) is 0 Å². The number of hydrogen-bond acceptors (Lipinski definition) is 3. The summed E-state index contributed by atoms with van der Waals surface area (Å²) in [6, 6.07) is 2.63. The van der Waals surface area contributed by atoms with Gasteiger partial charge < -0.3 is 14.6 Å². The second-order valence-corrected chi connectivity index (χ2v) is 3.71. The fraction of sp³-hybridized carbons (Fsp3) is 0.600. The molecule has 13 heavy (non-hydrogen) atoms. The van der Waals surface area contributed by atoms with Crippen LogP contribution in [-0.4, -0.2) is 25.7 Å². The zero-order chi connectivity index (χ0) is 9.26. The number of furan rings is 1. The molecule has 0 aliphatic carbocycles. The van der Waals surface area contributed by atoms with E-state index in [2.05, 4.69) is 30.1 Å². The summed E-state index contributed by atoms with van der Waals surface area (Å²) in [5.74, 6) is 1.01. The zero-order valence-electron chi connectivity index (χ0n) is 8.21. The molecule has 1 atom stereocenters. The summed E-state index contributed by atoms with van der Waals surface area (Å²) in [6.07, 6.45) is 1.81. The van der Waals surface area contributed by atoms with Gasteiger partial charge in [0.1, 0.15) is 0 Å². The quantitative estimate of drug-likeness (QED) is 0.708. The van der Waals surface area contributed by atoms with Gasteiger partial charge in [-0.05, 0) is 19.4 Å². The maximum Gasteiger partial charge on any atom is 0.195 e. The topological polar surface area (TPSA) is 28.4 Å². The van der Waals surface area contributed by atoms with Crippen molar-refractivity contribution in [1.82, 2.24) is 5.32 Å². The van der Waals surface area contributed by atoms with Gasteiger partial charge in [0, 0.05) is 31.7 Å². The average molecular weight is 180 g/mol. The Morgan fingerprint density at radius 2 is 2.46 bits per heavy atom. The molecule has 1 aromatic rings. The van der Waals surface area contributed by atoms with Gasteiger partial charge in [-0.25, -0.2) is 0 Å². The Kier molecular flexibility index (Phi) is 2.27. The Morgan fingerprint density at radius 3 is 3.08 bits per heavy atom. The number of aryl methyl sites for hydroxylation is 1. The largest absolute Gasteiger partial charge is 0.449 e. The van der Waals surface area contributed by atoms with E-state index in [4.69, 9.17) is 4.42 Å². The molecule has 1 fully saturated rings. The van der Waals surface area contributed by atoms with Crippen molar-refractivity contribution in [1.29, 1.82) is 0 Å². The number of nitrogens with zero attached hydrogens (tertiary/aromatic N) is 1. The third-order valence-corrected chi connectivity index (χ3v) is 2.50. The normalized spacial score (nSPS) is 23.5. The molecule has 1 aromatic heterocycles. The van der Waals surface area contributed by atoms with Gasteiger partial charge in [0.2, 0.25) is 0 Å². The Balaban J connectivity index is 2.14. The van der Waals surface area contributed by atoms with Crippen LogP contribution in [0.25, 0.3) is 0 Å². The highest BCUT2D eigenvalue weighted by Crippen LogP contribution is 2.20. The maximum absolute atomic E-state index is 5.47. The minimum Gasteiger partial charge on any atom is -0.449 e. The molecule has 0 amide bonds. The van der Waals surface area contributed by atoms with Crippen LogP contribution >= 0.6 is 0 Å². The molecule has 72 valence electrons. The van der Waals surface area contributed by atoms with Crippen molar-refractivity contribution in [2.45, 2.75) is 19.9 Å². The van der Waals surface area contributed by atoms with Crippen molar-refractivity contribution in [3.63, 3.8) is 0 Å². The first-order valence-corrected chi connectivity index (χ1v) is 4.80. The van der Waals surface area contributed by atoms with Gasteiger partial charge in [0.15, 0.2) is 5.88 Å². The molecular formula is C10H16N2O. The molecule has 2 rings (SSSR count). The summed E-state index contributed by atoms with van der Waals surface area (Å²) in [5.41, 5.74) is 1.20. The molecule has 1 unspecified atom stereocenters. The zero-order valence-corrected chi connectivity index (χ0v) is 8.21. The second kappa shape index (κ2) is 3.42. The third kappa shape index (κ3) is 1.70. The molecule has 1 saturated heterocycles. The molecule has 0 radical (unpaired) electrons. The lowest BCUT2D eigenvalue weighted by Gasteiger charge is -2.33. The summed E-state index contributed by atoms with van der Waals surface area (Å²) in [7, 11) is 0. The summed E-state index contributed by atoms with van der Waals surface area (Å²) in [5, 5.41) is 3.36. The Labute approximate surface area is 78.7 Å². The van der Waals surface area contributed by atoms with E-state index in [1.54, 1.807) is 0 Å². The van der Waals surface area contributed by atoms with Crippen molar-refractivity contribution in [3.8, 4) is 0 Å². The molecule has 2 heterocycles. The standard InChI is InChI=1S/C10H16N2O/c1-8-5-10(13-7-8)12-4-3-11-6-9(12)2/h5,7,9,11H,3-4,6H2,1-2H3. The van der Waals surface area contributed by atoms with Gasteiger partial charge in [0.05, 0.1) is 6.26 Å². The number of nitrogens with one attached hydrogen (secondary N) is 1. The number of rotatable bonds is 1. The highest BCUT2D eigenvalue weighted by Gasteiger charge is 2.20. The van der Waals surface area contributed by atoms with E-state index in [1.807, 2.05) is 6.26 Å². The number of anilines is 1. The van der Waals surface area contributed by atoms with E-state index in [0.29, 0.717) is 6.04 Å². The van der Waals surface area contributed by atoms with Crippen LogP contribution in [0.2, 0.25) is 0 Å². The van der Waals surface area contributed by atoms with E-state index < -0.39 is 0 Å². The lowest BCUT2D eigenvalue weighted by Crippen LogP contribution is -2.49.